The summed E-state index contributed by atoms with van der Waals surface area (Å²) in [6.07, 6.45) is -4.50. The highest BCUT2D eigenvalue weighted by molar-refractivity contribution is 7.52. The first-order valence-corrected chi connectivity index (χ1v) is 7.99. The molecule has 1 aromatic heterocycles. The lowest BCUT2D eigenvalue weighted by Crippen LogP contribution is -2.63. The van der Waals surface area contributed by atoms with E-state index in [2.05, 4.69) is 0 Å². The number of amides is 1. The van der Waals surface area contributed by atoms with Crippen LogP contribution >= 0.6 is 7.60 Å². The molecule has 24 heavy (non-hydrogen) atoms. The highest BCUT2D eigenvalue weighted by Gasteiger charge is 2.69. The molecule has 1 aliphatic heterocycles. The van der Waals surface area contributed by atoms with Gasteiger partial charge in [0.2, 0.25) is 0 Å². The smallest absolute Gasteiger partial charge is 0.404 e. The number of nitrogens with two attached hydrogens (primary N) is 2. The van der Waals surface area contributed by atoms with Crippen molar-refractivity contribution in [1.82, 2.24) is 0 Å². The molecule has 1 saturated heterocycles. The number of hydrogen-bond acceptors (Lipinski definition) is 8. The van der Waals surface area contributed by atoms with Gasteiger partial charge in [-0.3, -0.25) is 15.1 Å². The number of pyridine rings is 1. The average Bonchev–Trinajstić information content (AvgIpc) is 2.72. The zero-order valence-corrected chi connectivity index (χ0v) is 13.0. The van der Waals surface area contributed by atoms with E-state index in [1.54, 1.807) is 0 Å². The third kappa shape index (κ3) is 2.90. The van der Waals surface area contributed by atoms with Crippen molar-refractivity contribution < 1.29 is 49.2 Å². The van der Waals surface area contributed by atoms with Crippen molar-refractivity contribution in [1.29, 1.82) is 0 Å². The summed E-state index contributed by atoms with van der Waals surface area (Å²) < 4.78 is 17.8. The molecular formula is C11H18N3O9P. The minimum absolute atomic E-state index is 0. The third-order valence-electron chi connectivity index (χ3n) is 3.62. The van der Waals surface area contributed by atoms with E-state index in [9.17, 15) is 29.4 Å². The number of primary amides is 1. The molecule has 1 aliphatic rings. The van der Waals surface area contributed by atoms with Crippen LogP contribution in [-0.2, 0) is 14.8 Å². The standard InChI is InChI=1S/C11H16N3O8P.H2O/c12-7-2-1-5(10(13)18)3-14(7)11(23(19,20)21)9(17)8(16)6(4-15)22-11;/h1-3,6,8-9,12,15-17H,4H2,(H4,13,18,19,20,21);1H2/t6-,8-,9-,11?;/m1./s1. The summed E-state index contributed by atoms with van der Waals surface area (Å²) in [7, 11) is -5.30. The maximum absolute atomic E-state index is 12.0. The molecule has 0 bridgehead atoms. The molecule has 2 heterocycles. The van der Waals surface area contributed by atoms with Crippen molar-refractivity contribution in [2.75, 3.05) is 12.3 Å². The molecule has 1 aromatic rings. The van der Waals surface area contributed by atoms with E-state index < -0.39 is 43.9 Å². The molecule has 0 aliphatic carbocycles. The molecule has 13 heteroatoms. The van der Waals surface area contributed by atoms with E-state index in [-0.39, 0.29) is 16.9 Å². The fraction of sp³-hybridized carbons (Fsp3) is 0.455. The number of aliphatic hydroxyl groups is 3. The summed E-state index contributed by atoms with van der Waals surface area (Å²) in [4.78, 5) is 30.7. The predicted molar refractivity (Wildman–Crippen MR) is 75.5 cm³/mol. The van der Waals surface area contributed by atoms with Gasteiger partial charge in [0.25, 0.3) is 11.7 Å². The zero-order chi connectivity index (χ0) is 17.6. The summed E-state index contributed by atoms with van der Waals surface area (Å²) in [5, 5.41) is 29.2. The minimum Gasteiger partial charge on any atom is -0.870 e. The Morgan fingerprint density at radius 1 is 1.38 bits per heavy atom. The van der Waals surface area contributed by atoms with Gasteiger partial charge in [-0.15, -0.1) is 0 Å². The fourth-order valence-electron chi connectivity index (χ4n) is 2.45. The van der Waals surface area contributed by atoms with E-state index in [1.165, 1.54) is 6.07 Å². The molecule has 0 radical (unpaired) electrons. The average molecular weight is 367 g/mol. The van der Waals surface area contributed by atoms with Gasteiger partial charge >= 0.3 is 13.1 Å². The SMILES string of the molecule is NC(=O)c1ccc(N)[n+](C2(P(=O)(O)O)O[C@H](CO)[C@@H](O)[C@H]2O)c1.[OH-]. The Labute approximate surface area is 135 Å². The van der Waals surface area contributed by atoms with E-state index in [0.29, 0.717) is 4.57 Å². The quantitative estimate of drug-likeness (QED) is 0.204. The van der Waals surface area contributed by atoms with Gasteiger partial charge in [-0.05, 0) is 6.07 Å². The fourth-order valence-corrected chi connectivity index (χ4v) is 3.67. The maximum atomic E-state index is 12.0. The molecule has 1 unspecified atom stereocenters. The zero-order valence-electron chi connectivity index (χ0n) is 12.1. The molecule has 1 amide bonds. The molecule has 136 valence electrons. The topological polar surface area (TPSA) is 230 Å². The van der Waals surface area contributed by atoms with Gasteiger partial charge in [-0.25, -0.2) is 0 Å². The van der Waals surface area contributed by atoms with Crippen molar-refractivity contribution in [2.24, 2.45) is 5.73 Å². The molecule has 0 aromatic carbocycles. The van der Waals surface area contributed by atoms with E-state index >= 15 is 0 Å². The van der Waals surface area contributed by atoms with Gasteiger partial charge in [0.05, 0.1) is 12.2 Å². The molecule has 4 atom stereocenters. The lowest BCUT2D eigenvalue weighted by atomic mass is 10.1. The van der Waals surface area contributed by atoms with Crippen LogP contribution in [0.1, 0.15) is 10.4 Å². The number of nitrogens with zero attached hydrogens (tertiary/aromatic N) is 1. The van der Waals surface area contributed by atoms with Gasteiger partial charge in [-0.2, -0.15) is 4.57 Å². The molecule has 0 spiro atoms. The third-order valence-corrected chi connectivity index (χ3v) is 5.04. The van der Waals surface area contributed by atoms with Gasteiger partial charge in [0.1, 0.15) is 18.4 Å². The second-order valence-corrected chi connectivity index (χ2v) is 6.78. The number of aromatic nitrogens is 1. The van der Waals surface area contributed by atoms with Crippen LogP contribution in [0.5, 0.6) is 0 Å². The van der Waals surface area contributed by atoms with Gasteiger partial charge in [0, 0.05) is 6.07 Å². The number of hydrogen-bond donors (Lipinski definition) is 7. The Hall–Kier alpha value is -1.63. The Kier molecular flexibility index (Phi) is 5.70. The summed E-state index contributed by atoms with van der Waals surface area (Å²) in [5.74, 6) is -1.19. The number of carbonyl (C=O) groups excluding carboxylic acids is 1. The van der Waals surface area contributed by atoms with E-state index in [0.717, 1.165) is 12.3 Å². The van der Waals surface area contributed by atoms with Crippen molar-refractivity contribution >= 4 is 19.3 Å². The first-order valence-electron chi connectivity index (χ1n) is 6.38. The van der Waals surface area contributed by atoms with Crippen molar-refractivity contribution in [3.8, 4) is 0 Å². The van der Waals surface area contributed by atoms with Gasteiger partial charge in [0.15, 0.2) is 6.10 Å². The van der Waals surface area contributed by atoms with Crippen LogP contribution in [0.2, 0.25) is 0 Å². The first kappa shape index (κ1) is 20.4. The number of anilines is 1. The molecule has 2 rings (SSSR count). The minimum atomic E-state index is -5.30. The normalized spacial score (nSPS) is 30.0. The number of rotatable bonds is 4. The predicted octanol–water partition coefficient (Wildman–Crippen LogP) is -3.62. The Balaban J connectivity index is 0.00000288. The largest absolute Gasteiger partial charge is 0.870 e. The summed E-state index contributed by atoms with van der Waals surface area (Å²) in [6.45, 7) is -0.810. The van der Waals surface area contributed by atoms with E-state index in [1.807, 2.05) is 0 Å². The van der Waals surface area contributed by atoms with Gasteiger partial charge in [-0.1, -0.05) is 0 Å². The Morgan fingerprint density at radius 2 is 1.96 bits per heavy atom. The number of ether oxygens (including phenoxy) is 1. The first-order chi connectivity index (χ1) is 10.6. The second kappa shape index (κ2) is 6.70. The number of aliphatic hydroxyl groups excluding tert-OH is 3. The molecule has 10 N–H and O–H groups in total. The van der Waals surface area contributed by atoms with Crippen LogP contribution in [0.25, 0.3) is 0 Å². The summed E-state index contributed by atoms with van der Waals surface area (Å²) in [6, 6.07) is 2.34. The number of nitrogen functional groups attached to an aromatic ring is 1. The van der Waals surface area contributed by atoms with Crippen LogP contribution in [0, 0.1) is 0 Å². The Bertz CT molecular complexity index is 681. The van der Waals surface area contributed by atoms with Crippen molar-refractivity contribution in [3.05, 3.63) is 23.9 Å². The highest BCUT2D eigenvalue weighted by Crippen LogP contribution is 2.58. The summed E-state index contributed by atoms with van der Waals surface area (Å²) in [5.41, 5.74) is 7.82. The monoisotopic (exact) mass is 367 g/mol. The van der Waals surface area contributed by atoms with Crippen LogP contribution in [-0.4, -0.2) is 61.4 Å². The lowest BCUT2D eigenvalue weighted by Gasteiger charge is -2.30. The second-order valence-electron chi connectivity index (χ2n) is 5.05. The van der Waals surface area contributed by atoms with Crippen LogP contribution in [0.15, 0.2) is 18.3 Å². The molecule has 12 nitrogen and oxygen atoms in total. The van der Waals surface area contributed by atoms with E-state index in [4.69, 9.17) is 21.3 Å². The Morgan fingerprint density at radius 3 is 2.38 bits per heavy atom. The van der Waals surface area contributed by atoms with Crippen molar-refractivity contribution in [3.63, 3.8) is 0 Å². The van der Waals surface area contributed by atoms with Crippen molar-refractivity contribution in [2.45, 2.75) is 23.8 Å². The molecule has 1 fully saturated rings. The molecule has 0 saturated carbocycles. The van der Waals surface area contributed by atoms with Crippen LogP contribution < -0.4 is 16.0 Å². The number of carbonyl (C=O) groups is 1. The molecular weight excluding hydrogens is 349 g/mol. The maximum Gasteiger partial charge on any atom is 0.404 e. The van der Waals surface area contributed by atoms with Crippen LogP contribution in [0.4, 0.5) is 5.82 Å². The summed E-state index contributed by atoms with van der Waals surface area (Å²) >= 11 is 0. The van der Waals surface area contributed by atoms with Crippen LogP contribution in [0.3, 0.4) is 0 Å². The highest BCUT2D eigenvalue weighted by atomic mass is 31.2. The van der Waals surface area contributed by atoms with Gasteiger partial charge < -0.3 is 41.1 Å². The lowest BCUT2D eigenvalue weighted by molar-refractivity contribution is -0.777.